The van der Waals surface area contributed by atoms with Gasteiger partial charge in [0.25, 0.3) is 0 Å². The Kier molecular flexibility index (Phi) is 5.76. The number of nitrogens with one attached hydrogen (secondary N) is 1. The molecule has 182 valence electrons. The molecule has 3 aromatic heterocycles. The second kappa shape index (κ2) is 8.77. The van der Waals surface area contributed by atoms with E-state index in [0.717, 1.165) is 52.6 Å². The highest BCUT2D eigenvalue weighted by Crippen LogP contribution is 2.38. The molecule has 1 saturated heterocycles. The first kappa shape index (κ1) is 23.0. The maximum atomic E-state index is 5.86. The molecule has 0 amide bonds. The topological polar surface area (TPSA) is 103 Å². The van der Waals surface area contributed by atoms with E-state index < -0.39 is 0 Å². The first-order valence-corrected chi connectivity index (χ1v) is 11.6. The van der Waals surface area contributed by atoms with Crippen LogP contribution < -0.4 is 15.0 Å². The van der Waals surface area contributed by atoms with Gasteiger partial charge in [-0.05, 0) is 37.1 Å². The summed E-state index contributed by atoms with van der Waals surface area (Å²) in [7, 11) is 5.32. The van der Waals surface area contributed by atoms with Crippen LogP contribution in [0.15, 0.2) is 36.8 Å². The van der Waals surface area contributed by atoms with Crippen LogP contribution in [-0.2, 0) is 11.8 Å². The molecule has 0 saturated carbocycles. The van der Waals surface area contributed by atoms with Crippen LogP contribution in [0.5, 0.6) is 5.75 Å². The molecule has 0 aliphatic carbocycles. The van der Waals surface area contributed by atoms with Gasteiger partial charge in [0.1, 0.15) is 23.2 Å². The summed E-state index contributed by atoms with van der Waals surface area (Å²) in [6, 6.07) is 7.81. The van der Waals surface area contributed by atoms with Gasteiger partial charge in [0.05, 0.1) is 25.9 Å². The van der Waals surface area contributed by atoms with Gasteiger partial charge in [-0.2, -0.15) is 0 Å². The summed E-state index contributed by atoms with van der Waals surface area (Å²) >= 11 is 0. The van der Waals surface area contributed by atoms with Crippen molar-refractivity contribution < 1.29 is 9.47 Å². The predicted molar refractivity (Wildman–Crippen MR) is 135 cm³/mol. The highest BCUT2D eigenvalue weighted by molar-refractivity contribution is 5.90. The van der Waals surface area contributed by atoms with E-state index in [1.54, 1.807) is 20.5 Å². The number of hydrogen-bond acceptors (Lipinski definition) is 9. The monoisotopic (exact) mass is 474 g/mol. The third-order valence-electron chi connectivity index (χ3n) is 6.77. The highest BCUT2D eigenvalue weighted by atomic mass is 16.5. The van der Waals surface area contributed by atoms with Crippen molar-refractivity contribution in [1.82, 2.24) is 29.7 Å². The minimum absolute atomic E-state index is 0.163. The first-order valence-electron chi connectivity index (χ1n) is 11.6. The van der Waals surface area contributed by atoms with Gasteiger partial charge in [0.2, 0.25) is 5.95 Å². The minimum atomic E-state index is -0.163. The Labute approximate surface area is 204 Å². The number of aromatic nitrogens is 6. The summed E-state index contributed by atoms with van der Waals surface area (Å²) in [6.07, 6.45) is 3.50. The third kappa shape index (κ3) is 4.03. The maximum absolute atomic E-state index is 5.86. The van der Waals surface area contributed by atoms with Crippen molar-refractivity contribution in [2.24, 2.45) is 13.0 Å². The molecule has 4 aromatic rings. The lowest BCUT2D eigenvalue weighted by Gasteiger charge is -2.52. The normalized spacial score (nSPS) is 14.9. The molecule has 0 radical (unpaired) electrons. The molecule has 1 aliphatic heterocycles. The maximum Gasteiger partial charge on any atom is 0.227 e. The molecule has 1 N–H and O–H groups in total. The number of aryl methyl sites for hydroxylation is 2. The van der Waals surface area contributed by atoms with Gasteiger partial charge in [0, 0.05) is 37.0 Å². The van der Waals surface area contributed by atoms with Gasteiger partial charge in [0.15, 0.2) is 11.6 Å². The lowest BCUT2D eigenvalue weighted by molar-refractivity contribution is -0.0686. The summed E-state index contributed by atoms with van der Waals surface area (Å²) < 4.78 is 13.4. The van der Waals surface area contributed by atoms with Crippen molar-refractivity contribution in [3.05, 3.63) is 42.5 Å². The summed E-state index contributed by atoms with van der Waals surface area (Å²) in [5, 5.41) is 12.4. The van der Waals surface area contributed by atoms with Crippen LogP contribution >= 0.6 is 0 Å². The molecule has 1 fully saturated rings. The average Bonchev–Trinajstić information content (AvgIpc) is 3.24. The van der Waals surface area contributed by atoms with Crippen molar-refractivity contribution in [1.29, 1.82) is 0 Å². The summed E-state index contributed by atoms with van der Waals surface area (Å²) in [4.78, 5) is 16.4. The molecule has 1 aromatic carbocycles. The smallest absolute Gasteiger partial charge is 0.227 e. The van der Waals surface area contributed by atoms with E-state index >= 15 is 0 Å². The molecule has 5 rings (SSSR count). The number of rotatable bonds is 7. The van der Waals surface area contributed by atoms with E-state index in [9.17, 15) is 0 Å². The SMILES string of the molecule is COc1cc(-c2nncn2C)ccc1Nc1ncc2cc(C)nc(N3CC(OC)(C(C)C)C3)c2n1. The second-order valence-corrected chi connectivity index (χ2v) is 9.30. The molecule has 4 heterocycles. The Morgan fingerprint density at radius 1 is 1.11 bits per heavy atom. The van der Waals surface area contributed by atoms with Crippen molar-refractivity contribution in [3.63, 3.8) is 0 Å². The Morgan fingerprint density at radius 2 is 1.91 bits per heavy atom. The fourth-order valence-electron chi connectivity index (χ4n) is 4.51. The molecule has 35 heavy (non-hydrogen) atoms. The zero-order valence-electron chi connectivity index (χ0n) is 20.9. The van der Waals surface area contributed by atoms with Gasteiger partial charge >= 0.3 is 0 Å². The Morgan fingerprint density at radius 3 is 2.57 bits per heavy atom. The largest absolute Gasteiger partial charge is 0.495 e. The fraction of sp³-hybridized carbons (Fsp3) is 0.400. The fourth-order valence-corrected chi connectivity index (χ4v) is 4.51. The minimum Gasteiger partial charge on any atom is -0.495 e. The first-order chi connectivity index (χ1) is 16.8. The van der Waals surface area contributed by atoms with Crippen molar-refractivity contribution in [2.75, 3.05) is 37.5 Å². The van der Waals surface area contributed by atoms with Gasteiger partial charge in [-0.25, -0.2) is 15.0 Å². The third-order valence-corrected chi connectivity index (χ3v) is 6.77. The van der Waals surface area contributed by atoms with Crippen LogP contribution in [0, 0.1) is 12.8 Å². The van der Waals surface area contributed by atoms with Gasteiger partial charge in [-0.1, -0.05) is 13.8 Å². The summed E-state index contributed by atoms with van der Waals surface area (Å²) in [5.41, 5.74) is 3.22. The van der Waals surface area contributed by atoms with Crippen LogP contribution in [0.3, 0.4) is 0 Å². The Balaban J connectivity index is 1.47. The van der Waals surface area contributed by atoms with Crippen molar-refractivity contribution >= 4 is 28.4 Å². The van der Waals surface area contributed by atoms with Crippen LogP contribution in [0.1, 0.15) is 19.5 Å². The van der Waals surface area contributed by atoms with E-state index in [0.29, 0.717) is 17.6 Å². The molecule has 0 atom stereocenters. The number of hydrogen-bond donors (Lipinski definition) is 1. The molecule has 10 nitrogen and oxygen atoms in total. The van der Waals surface area contributed by atoms with Crippen molar-refractivity contribution in [3.8, 4) is 17.1 Å². The molecule has 10 heteroatoms. The Bertz CT molecular complexity index is 1380. The number of pyridine rings is 1. The Hall–Kier alpha value is -3.79. The number of nitrogens with zero attached hydrogens (tertiary/aromatic N) is 7. The molecule has 0 spiro atoms. The number of methoxy groups -OCH3 is 2. The number of anilines is 3. The number of benzene rings is 1. The zero-order chi connectivity index (χ0) is 24.7. The van der Waals surface area contributed by atoms with Gasteiger partial charge in [-0.3, -0.25) is 0 Å². The average molecular weight is 475 g/mol. The lowest BCUT2D eigenvalue weighted by atomic mass is 9.82. The standard InChI is InChI=1S/C25H30N8O2/c1-15(2)25(35-6)12-33(13-25)23-21-18(9-16(3)28-23)11-26-24(30-21)29-19-8-7-17(10-20(19)34-5)22-31-27-14-32(22)4/h7-11,14-15H,12-13H2,1-6H3,(H,26,29,30). The van der Waals surface area contributed by atoms with E-state index in [2.05, 4.69) is 39.2 Å². The van der Waals surface area contributed by atoms with E-state index in [4.69, 9.17) is 19.4 Å². The van der Waals surface area contributed by atoms with Crippen LogP contribution in [0.2, 0.25) is 0 Å². The lowest BCUT2D eigenvalue weighted by Crippen LogP contribution is -2.66. The van der Waals surface area contributed by atoms with E-state index in [1.165, 1.54) is 0 Å². The van der Waals surface area contributed by atoms with Gasteiger partial charge < -0.3 is 24.3 Å². The second-order valence-electron chi connectivity index (χ2n) is 9.30. The summed E-state index contributed by atoms with van der Waals surface area (Å²) in [6.45, 7) is 7.92. The molecule has 0 unspecified atom stereocenters. The van der Waals surface area contributed by atoms with E-state index in [-0.39, 0.29) is 5.60 Å². The number of ether oxygens (including phenoxy) is 2. The highest BCUT2D eigenvalue weighted by Gasteiger charge is 2.47. The molecular formula is C25H30N8O2. The van der Waals surface area contributed by atoms with Gasteiger partial charge in [-0.15, -0.1) is 10.2 Å². The molecule has 1 aliphatic rings. The van der Waals surface area contributed by atoms with E-state index in [1.807, 2.05) is 49.0 Å². The van der Waals surface area contributed by atoms with Crippen LogP contribution in [-0.4, -0.2) is 62.6 Å². The van der Waals surface area contributed by atoms with Crippen molar-refractivity contribution in [2.45, 2.75) is 26.4 Å². The van der Waals surface area contributed by atoms with Crippen LogP contribution in [0.25, 0.3) is 22.3 Å². The quantitative estimate of drug-likeness (QED) is 0.429. The summed E-state index contributed by atoms with van der Waals surface area (Å²) in [5.74, 6) is 3.13. The predicted octanol–water partition coefficient (Wildman–Crippen LogP) is 3.74. The molecular weight excluding hydrogens is 444 g/mol. The number of fused-ring (bicyclic) bond motifs is 1. The molecule has 0 bridgehead atoms. The zero-order valence-corrected chi connectivity index (χ0v) is 20.9. The van der Waals surface area contributed by atoms with Crippen LogP contribution in [0.4, 0.5) is 17.5 Å².